The molecule has 2 atom stereocenters. The molecule has 0 bridgehead atoms. The molecule has 2 unspecified atom stereocenters. The van der Waals surface area contributed by atoms with Crippen LogP contribution in [-0.2, 0) is 6.42 Å². The quantitative estimate of drug-likeness (QED) is 0.805. The Kier molecular flexibility index (Phi) is 2.92. The van der Waals surface area contributed by atoms with Crippen molar-refractivity contribution in [1.29, 1.82) is 5.26 Å². The van der Waals surface area contributed by atoms with Crippen LogP contribution in [0.4, 0.5) is 0 Å². The first-order valence-electron chi connectivity index (χ1n) is 5.11. The predicted molar refractivity (Wildman–Crippen MR) is 63.1 cm³/mol. The molecule has 0 saturated carbocycles. The number of hydrogen-bond donors (Lipinski definition) is 1. The smallest absolute Gasteiger partial charge is 0.185 e. The first kappa shape index (κ1) is 11.4. The third-order valence-electron chi connectivity index (χ3n) is 2.82. The maximum absolute atomic E-state index is 9.83. The average molecular weight is 282 g/mol. The van der Waals surface area contributed by atoms with Crippen LogP contribution in [0, 0.1) is 11.3 Å². The van der Waals surface area contributed by atoms with Crippen molar-refractivity contribution in [1.82, 2.24) is 0 Å². The van der Waals surface area contributed by atoms with Gasteiger partial charge >= 0.3 is 0 Å². The Bertz CT molecular complexity index is 451. The highest BCUT2D eigenvalue weighted by Crippen LogP contribution is 2.33. The van der Waals surface area contributed by atoms with Crippen LogP contribution < -0.4 is 4.74 Å². The summed E-state index contributed by atoms with van der Waals surface area (Å²) in [6.45, 7) is 1.49. The minimum Gasteiger partial charge on any atom is -0.486 e. The molecular weight excluding hydrogens is 270 g/mol. The topological polar surface area (TPSA) is 53.2 Å². The van der Waals surface area contributed by atoms with E-state index in [1.807, 2.05) is 24.3 Å². The second-order valence-corrected chi connectivity index (χ2v) is 5.07. The van der Waals surface area contributed by atoms with E-state index in [9.17, 15) is 5.11 Å². The summed E-state index contributed by atoms with van der Waals surface area (Å²) < 4.78 is 6.66. The Balaban J connectivity index is 2.25. The van der Waals surface area contributed by atoms with Gasteiger partial charge in [-0.3, -0.25) is 0 Å². The number of nitriles is 1. The number of benzene rings is 1. The molecule has 16 heavy (non-hydrogen) atoms. The van der Waals surface area contributed by atoms with Crippen molar-refractivity contribution in [3.8, 4) is 11.8 Å². The van der Waals surface area contributed by atoms with Crippen molar-refractivity contribution in [2.75, 3.05) is 0 Å². The first-order chi connectivity index (χ1) is 7.53. The monoisotopic (exact) mass is 281 g/mol. The Morgan fingerprint density at radius 3 is 3.06 bits per heavy atom. The SMILES string of the molecule is CC(O)(C#N)C1CCc2cc(Br)ccc2O1. The van der Waals surface area contributed by atoms with E-state index in [-0.39, 0.29) is 0 Å². The minimum atomic E-state index is -1.43. The summed E-state index contributed by atoms with van der Waals surface area (Å²) >= 11 is 3.40. The lowest BCUT2D eigenvalue weighted by atomic mass is 9.92. The maximum Gasteiger partial charge on any atom is 0.185 e. The summed E-state index contributed by atoms with van der Waals surface area (Å²) in [5.74, 6) is 0.759. The second kappa shape index (κ2) is 4.08. The van der Waals surface area contributed by atoms with Gasteiger partial charge < -0.3 is 9.84 Å². The second-order valence-electron chi connectivity index (χ2n) is 4.16. The van der Waals surface area contributed by atoms with Gasteiger partial charge in [-0.1, -0.05) is 15.9 Å². The van der Waals surface area contributed by atoms with Gasteiger partial charge in [0.25, 0.3) is 0 Å². The van der Waals surface area contributed by atoms with Crippen LogP contribution in [0.1, 0.15) is 18.9 Å². The predicted octanol–water partition coefficient (Wildman–Crippen LogP) is 2.42. The maximum atomic E-state index is 9.83. The van der Waals surface area contributed by atoms with Crippen molar-refractivity contribution in [2.45, 2.75) is 31.5 Å². The molecule has 1 aromatic rings. The van der Waals surface area contributed by atoms with E-state index in [0.717, 1.165) is 22.2 Å². The number of aliphatic hydroxyl groups is 1. The summed E-state index contributed by atoms with van der Waals surface area (Å²) in [5.41, 5.74) is -0.315. The standard InChI is InChI=1S/C12H12BrNO2/c1-12(15,7-14)11-5-2-8-6-9(13)3-4-10(8)16-11/h3-4,6,11,15H,2,5H2,1H3. The molecule has 0 spiro atoms. The summed E-state index contributed by atoms with van der Waals surface area (Å²) in [5, 5.41) is 18.7. The Morgan fingerprint density at radius 1 is 1.62 bits per heavy atom. The molecule has 3 nitrogen and oxygen atoms in total. The third-order valence-corrected chi connectivity index (χ3v) is 3.31. The molecule has 0 amide bonds. The number of halogens is 1. The van der Waals surface area contributed by atoms with Crippen molar-refractivity contribution >= 4 is 15.9 Å². The zero-order valence-corrected chi connectivity index (χ0v) is 10.5. The zero-order chi connectivity index (χ0) is 11.8. The molecule has 1 N–H and O–H groups in total. The fourth-order valence-electron chi connectivity index (χ4n) is 1.82. The van der Waals surface area contributed by atoms with Crippen molar-refractivity contribution in [2.24, 2.45) is 0 Å². The molecule has 0 saturated heterocycles. The van der Waals surface area contributed by atoms with Gasteiger partial charge in [0, 0.05) is 4.47 Å². The lowest BCUT2D eigenvalue weighted by Crippen LogP contribution is -2.43. The van der Waals surface area contributed by atoms with E-state index in [1.165, 1.54) is 6.92 Å². The van der Waals surface area contributed by atoms with Crippen molar-refractivity contribution < 1.29 is 9.84 Å². The lowest BCUT2D eigenvalue weighted by molar-refractivity contribution is -0.0153. The highest BCUT2D eigenvalue weighted by atomic mass is 79.9. The van der Waals surface area contributed by atoms with Gasteiger partial charge in [0.05, 0.1) is 0 Å². The van der Waals surface area contributed by atoms with Gasteiger partial charge in [-0.25, -0.2) is 0 Å². The van der Waals surface area contributed by atoms with Gasteiger partial charge in [-0.2, -0.15) is 5.26 Å². The zero-order valence-electron chi connectivity index (χ0n) is 8.90. The van der Waals surface area contributed by atoms with E-state index in [4.69, 9.17) is 10.00 Å². The lowest BCUT2D eigenvalue weighted by Gasteiger charge is -2.32. The average Bonchev–Trinajstić information content (AvgIpc) is 2.28. The van der Waals surface area contributed by atoms with Gasteiger partial charge in [0.15, 0.2) is 5.60 Å². The van der Waals surface area contributed by atoms with Gasteiger partial charge in [-0.05, 0) is 43.5 Å². The Morgan fingerprint density at radius 2 is 2.38 bits per heavy atom. The van der Waals surface area contributed by atoms with Gasteiger partial charge in [-0.15, -0.1) is 0 Å². The van der Waals surface area contributed by atoms with E-state index >= 15 is 0 Å². The van der Waals surface area contributed by atoms with Crippen LogP contribution in [0.5, 0.6) is 5.75 Å². The van der Waals surface area contributed by atoms with Crippen LogP contribution in [0.15, 0.2) is 22.7 Å². The molecule has 2 rings (SSSR count). The van der Waals surface area contributed by atoms with Gasteiger partial charge in [0.2, 0.25) is 0 Å². The van der Waals surface area contributed by atoms with Crippen LogP contribution in [-0.4, -0.2) is 16.8 Å². The third kappa shape index (κ3) is 2.06. The number of ether oxygens (including phenoxy) is 1. The number of hydrogen-bond acceptors (Lipinski definition) is 3. The molecule has 0 radical (unpaired) electrons. The summed E-state index contributed by atoms with van der Waals surface area (Å²) in [7, 11) is 0. The summed E-state index contributed by atoms with van der Waals surface area (Å²) in [6.07, 6.45) is 1.02. The largest absolute Gasteiger partial charge is 0.486 e. The summed E-state index contributed by atoms with van der Waals surface area (Å²) in [4.78, 5) is 0. The fraction of sp³-hybridized carbons (Fsp3) is 0.417. The van der Waals surface area contributed by atoms with E-state index in [0.29, 0.717) is 6.42 Å². The number of aryl methyl sites for hydroxylation is 1. The molecule has 0 fully saturated rings. The Labute approximate surface area is 103 Å². The number of fused-ring (bicyclic) bond motifs is 1. The summed E-state index contributed by atoms with van der Waals surface area (Å²) in [6, 6.07) is 7.63. The van der Waals surface area contributed by atoms with Crippen LogP contribution >= 0.6 is 15.9 Å². The molecule has 0 aromatic heterocycles. The van der Waals surface area contributed by atoms with Crippen LogP contribution in [0.25, 0.3) is 0 Å². The Hall–Kier alpha value is -1.05. The minimum absolute atomic E-state index is 0.453. The van der Waals surface area contributed by atoms with E-state index < -0.39 is 11.7 Å². The molecule has 84 valence electrons. The van der Waals surface area contributed by atoms with Crippen LogP contribution in [0.2, 0.25) is 0 Å². The van der Waals surface area contributed by atoms with E-state index in [1.54, 1.807) is 0 Å². The molecule has 1 heterocycles. The molecule has 4 heteroatoms. The molecule has 1 aliphatic heterocycles. The molecular formula is C12H12BrNO2. The highest BCUT2D eigenvalue weighted by Gasteiger charge is 2.36. The first-order valence-corrected chi connectivity index (χ1v) is 5.91. The van der Waals surface area contributed by atoms with Crippen LogP contribution in [0.3, 0.4) is 0 Å². The highest BCUT2D eigenvalue weighted by molar-refractivity contribution is 9.10. The van der Waals surface area contributed by atoms with E-state index in [2.05, 4.69) is 15.9 Å². The van der Waals surface area contributed by atoms with Crippen molar-refractivity contribution in [3.63, 3.8) is 0 Å². The fourth-order valence-corrected chi connectivity index (χ4v) is 2.23. The van der Waals surface area contributed by atoms with Crippen molar-refractivity contribution in [3.05, 3.63) is 28.2 Å². The molecule has 1 aromatic carbocycles. The van der Waals surface area contributed by atoms with Gasteiger partial charge in [0.1, 0.15) is 17.9 Å². The number of rotatable bonds is 1. The molecule has 0 aliphatic carbocycles. The normalized spacial score (nSPS) is 22.5. The molecule has 1 aliphatic rings. The number of nitrogens with zero attached hydrogens (tertiary/aromatic N) is 1.